The van der Waals surface area contributed by atoms with Gasteiger partial charge in [0, 0.05) is 0 Å². The molecule has 3 nitrogen and oxygen atoms in total. The Kier molecular flexibility index (Phi) is 3.87. The maximum atomic E-state index is 12.3. The molecule has 1 aromatic rings. The van der Waals surface area contributed by atoms with Gasteiger partial charge in [-0.05, 0) is 18.2 Å². The van der Waals surface area contributed by atoms with Crippen molar-refractivity contribution in [3.05, 3.63) is 23.8 Å². The lowest BCUT2D eigenvalue weighted by Crippen LogP contribution is -2.09. The molecule has 0 radical (unpaired) electrons. The molecule has 0 aromatic heterocycles. The van der Waals surface area contributed by atoms with Gasteiger partial charge >= 0.3 is 12.8 Å². The first kappa shape index (κ1) is 13.2. The van der Waals surface area contributed by atoms with Gasteiger partial charge in [-0.25, -0.2) is 0 Å². The molecule has 94 valence electrons. The van der Waals surface area contributed by atoms with E-state index in [1.165, 1.54) is 0 Å². The number of ether oxygens (including phenoxy) is 1. The first-order valence-corrected chi connectivity index (χ1v) is 4.21. The fourth-order valence-corrected chi connectivity index (χ4v) is 1.08. The number of halogens is 5. The summed E-state index contributed by atoms with van der Waals surface area (Å²) in [4.78, 5) is 10.1. The van der Waals surface area contributed by atoms with Crippen LogP contribution in [0.25, 0.3) is 0 Å². The molecule has 0 aliphatic heterocycles. The van der Waals surface area contributed by atoms with Gasteiger partial charge in [0.2, 0.25) is 6.41 Å². The highest BCUT2D eigenvalue weighted by Crippen LogP contribution is 2.35. The number of rotatable bonds is 4. The number of hydrogen-bond acceptors (Lipinski definition) is 2. The minimum Gasteiger partial charge on any atom is -0.433 e. The van der Waals surface area contributed by atoms with Crippen LogP contribution in [0.15, 0.2) is 18.2 Å². The molecule has 1 amide bonds. The Morgan fingerprint density at radius 2 is 1.94 bits per heavy atom. The highest BCUT2D eigenvalue weighted by molar-refractivity contribution is 5.75. The molecule has 8 heteroatoms. The van der Waals surface area contributed by atoms with Crippen LogP contribution in [0.3, 0.4) is 0 Å². The summed E-state index contributed by atoms with van der Waals surface area (Å²) < 4.78 is 64.7. The van der Waals surface area contributed by atoms with Gasteiger partial charge in [-0.3, -0.25) is 4.79 Å². The maximum absolute atomic E-state index is 12.3. The van der Waals surface area contributed by atoms with Crippen LogP contribution in [0.4, 0.5) is 27.6 Å². The van der Waals surface area contributed by atoms with Crippen LogP contribution in [0.1, 0.15) is 5.56 Å². The van der Waals surface area contributed by atoms with E-state index in [0.29, 0.717) is 18.2 Å². The third kappa shape index (κ3) is 3.58. The number of hydrogen-bond donors (Lipinski definition) is 1. The number of benzene rings is 1. The highest BCUT2D eigenvalue weighted by Gasteiger charge is 2.31. The van der Waals surface area contributed by atoms with Gasteiger partial charge in [0.15, 0.2) is 0 Å². The van der Waals surface area contributed by atoms with Gasteiger partial charge in [0.1, 0.15) is 5.75 Å². The molecular formula is C9H6F5NO2. The Balaban J connectivity index is 3.12. The Bertz CT molecular complexity index is 405. The summed E-state index contributed by atoms with van der Waals surface area (Å²) in [5, 5.41) is 1.86. The summed E-state index contributed by atoms with van der Waals surface area (Å²) in [7, 11) is 0. The van der Waals surface area contributed by atoms with Crippen molar-refractivity contribution in [1.82, 2.24) is 0 Å². The first-order valence-electron chi connectivity index (χ1n) is 4.21. The topological polar surface area (TPSA) is 38.3 Å². The number of amides is 1. The van der Waals surface area contributed by atoms with Crippen molar-refractivity contribution >= 4 is 12.1 Å². The lowest BCUT2D eigenvalue weighted by Gasteiger charge is -2.13. The first-order chi connectivity index (χ1) is 7.84. The molecule has 0 aliphatic carbocycles. The summed E-state index contributed by atoms with van der Waals surface area (Å²) in [6.07, 6.45) is -4.57. The molecule has 1 rings (SSSR count). The smallest absolute Gasteiger partial charge is 0.416 e. The SMILES string of the molecule is O=CNc1cc(C(F)(F)F)ccc1OC(F)F. The lowest BCUT2D eigenvalue weighted by atomic mass is 10.2. The van der Waals surface area contributed by atoms with Gasteiger partial charge < -0.3 is 10.1 Å². The summed E-state index contributed by atoms with van der Waals surface area (Å²) in [5.41, 5.74) is -1.56. The quantitative estimate of drug-likeness (QED) is 0.663. The van der Waals surface area contributed by atoms with Crippen LogP contribution in [-0.2, 0) is 11.0 Å². The zero-order valence-electron chi connectivity index (χ0n) is 8.09. The van der Waals surface area contributed by atoms with Crippen molar-refractivity contribution in [2.24, 2.45) is 0 Å². The number of carbonyl (C=O) groups excluding carboxylic acids is 1. The van der Waals surface area contributed by atoms with E-state index in [2.05, 4.69) is 4.74 Å². The van der Waals surface area contributed by atoms with E-state index in [1.807, 2.05) is 5.32 Å². The maximum Gasteiger partial charge on any atom is 0.416 e. The molecule has 0 saturated heterocycles. The molecule has 0 saturated carbocycles. The Morgan fingerprint density at radius 1 is 1.29 bits per heavy atom. The molecule has 0 heterocycles. The van der Waals surface area contributed by atoms with Crippen molar-refractivity contribution in [3.8, 4) is 5.75 Å². The van der Waals surface area contributed by atoms with E-state index < -0.39 is 29.8 Å². The lowest BCUT2D eigenvalue weighted by molar-refractivity contribution is -0.137. The van der Waals surface area contributed by atoms with Gasteiger partial charge in [0.05, 0.1) is 11.3 Å². The van der Waals surface area contributed by atoms with E-state index in [-0.39, 0.29) is 6.41 Å². The van der Waals surface area contributed by atoms with E-state index in [4.69, 9.17) is 0 Å². The second-order valence-electron chi connectivity index (χ2n) is 2.85. The number of nitrogens with one attached hydrogen (secondary N) is 1. The molecule has 0 fully saturated rings. The largest absolute Gasteiger partial charge is 0.433 e. The molecule has 17 heavy (non-hydrogen) atoms. The molecule has 0 aliphatic rings. The van der Waals surface area contributed by atoms with Crippen molar-refractivity contribution in [2.45, 2.75) is 12.8 Å². The van der Waals surface area contributed by atoms with Crippen LogP contribution in [0.2, 0.25) is 0 Å². The minimum absolute atomic E-state index is 0.0633. The summed E-state index contributed by atoms with van der Waals surface area (Å²) in [5.74, 6) is -0.542. The van der Waals surface area contributed by atoms with Crippen molar-refractivity contribution in [3.63, 3.8) is 0 Å². The number of anilines is 1. The predicted molar refractivity (Wildman–Crippen MR) is 47.8 cm³/mol. The monoisotopic (exact) mass is 255 g/mol. The van der Waals surface area contributed by atoms with E-state index >= 15 is 0 Å². The Labute approximate surface area is 92.2 Å². The van der Waals surface area contributed by atoms with Gasteiger partial charge in [-0.15, -0.1) is 0 Å². The van der Waals surface area contributed by atoms with Crippen LogP contribution >= 0.6 is 0 Å². The third-order valence-electron chi connectivity index (χ3n) is 1.74. The molecule has 0 atom stereocenters. The van der Waals surface area contributed by atoms with E-state index in [0.717, 1.165) is 0 Å². The normalized spacial score (nSPS) is 11.4. The van der Waals surface area contributed by atoms with Gasteiger partial charge in [0.25, 0.3) is 0 Å². The van der Waals surface area contributed by atoms with Crippen LogP contribution in [-0.4, -0.2) is 13.0 Å². The molecule has 0 bridgehead atoms. The highest BCUT2D eigenvalue weighted by atomic mass is 19.4. The predicted octanol–water partition coefficient (Wildman–Crippen LogP) is 2.88. The van der Waals surface area contributed by atoms with Gasteiger partial charge in [-0.2, -0.15) is 22.0 Å². The molecule has 1 N–H and O–H groups in total. The van der Waals surface area contributed by atoms with Crippen molar-refractivity contribution in [1.29, 1.82) is 0 Å². The standard InChI is InChI=1S/C9H6F5NO2/c10-8(11)17-7-2-1-5(9(12,13)14)3-6(7)15-4-16/h1-4,8H,(H,15,16). The molecule has 1 aromatic carbocycles. The zero-order valence-corrected chi connectivity index (χ0v) is 8.09. The van der Waals surface area contributed by atoms with E-state index in [9.17, 15) is 26.7 Å². The van der Waals surface area contributed by atoms with E-state index in [1.54, 1.807) is 0 Å². The fourth-order valence-electron chi connectivity index (χ4n) is 1.08. The zero-order chi connectivity index (χ0) is 13.1. The summed E-state index contributed by atoms with van der Waals surface area (Å²) in [6, 6.07) is 1.79. The Hall–Kier alpha value is -1.86. The number of carbonyl (C=O) groups is 1. The number of alkyl halides is 5. The summed E-state index contributed by atoms with van der Waals surface area (Å²) in [6.45, 7) is -3.20. The fraction of sp³-hybridized carbons (Fsp3) is 0.222. The summed E-state index contributed by atoms with van der Waals surface area (Å²) >= 11 is 0. The van der Waals surface area contributed by atoms with Crippen LogP contribution < -0.4 is 10.1 Å². The van der Waals surface area contributed by atoms with Crippen LogP contribution in [0, 0.1) is 0 Å². The van der Waals surface area contributed by atoms with Crippen LogP contribution in [0.5, 0.6) is 5.75 Å². The second kappa shape index (κ2) is 4.98. The molecular weight excluding hydrogens is 249 g/mol. The third-order valence-corrected chi connectivity index (χ3v) is 1.74. The van der Waals surface area contributed by atoms with Crippen molar-refractivity contribution in [2.75, 3.05) is 5.32 Å². The average molecular weight is 255 g/mol. The molecule has 0 spiro atoms. The van der Waals surface area contributed by atoms with Crippen molar-refractivity contribution < 1.29 is 31.5 Å². The second-order valence-corrected chi connectivity index (χ2v) is 2.85. The Morgan fingerprint density at radius 3 is 2.41 bits per heavy atom. The average Bonchev–Trinajstić information content (AvgIpc) is 2.18. The minimum atomic E-state index is -4.64. The van der Waals surface area contributed by atoms with Gasteiger partial charge in [-0.1, -0.05) is 0 Å². The molecule has 0 unspecified atom stereocenters.